The minimum Gasteiger partial charge on any atom is -0.469 e. The van der Waals surface area contributed by atoms with Crippen LogP contribution in [0.2, 0.25) is 0 Å². The lowest BCUT2D eigenvalue weighted by molar-refractivity contribution is -0.140. The average Bonchev–Trinajstić information content (AvgIpc) is 2.70. The third-order valence-corrected chi connectivity index (χ3v) is 4.18. The highest BCUT2D eigenvalue weighted by atomic mass is 32.1. The Kier molecular flexibility index (Phi) is 8.61. The molecule has 2 rings (SSSR count). The van der Waals surface area contributed by atoms with Crippen molar-refractivity contribution in [3.05, 3.63) is 65.7 Å². The van der Waals surface area contributed by atoms with Crippen molar-refractivity contribution in [2.45, 2.75) is 25.5 Å². The average molecular weight is 408 g/mol. The van der Waals surface area contributed by atoms with Gasteiger partial charge in [0, 0.05) is 13.0 Å². The first-order valence-corrected chi connectivity index (χ1v) is 9.11. The number of benzene rings is 2. The van der Waals surface area contributed by atoms with E-state index in [9.17, 15) is 13.6 Å². The molecule has 0 aliphatic carbocycles. The van der Waals surface area contributed by atoms with Gasteiger partial charge in [0.2, 0.25) is 0 Å². The zero-order chi connectivity index (χ0) is 20.4. The van der Waals surface area contributed by atoms with E-state index >= 15 is 0 Å². The van der Waals surface area contributed by atoms with Gasteiger partial charge in [0.15, 0.2) is 5.11 Å². The van der Waals surface area contributed by atoms with Gasteiger partial charge in [-0.2, -0.15) is 8.78 Å². The van der Waals surface area contributed by atoms with Crippen LogP contribution in [0.3, 0.4) is 0 Å². The fourth-order valence-electron chi connectivity index (χ4n) is 2.57. The van der Waals surface area contributed by atoms with E-state index in [4.69, 9.17) is 12.2 Å². The van der Waals surface area contributed by atoms with Crippen molar-refractivity contribution in [3.63, 3.8) is 0 Å². The molecule has 2 aromatic carbocycles. The van der Waals surface area contributed by atoms with E-state index in [2.05, 4.69) is 20.1 Å². The number of ether oxygens (including phenoxy) is 2. The van der Waals surface area contributed by atoms with Gasteiger partial charge in [0.1, 0.15) is 5.75 Å². The molecule has 0 saturated heterocycles. The maximum Gasteiger partial charge on any atom is 0.387 e. The lowest BCUT2D eigenvalue weighted by atomic mass is 9.99. The van der Waals surface area contributed by atoms with Gasteiger partial charge < -0.3 is 20.1 Å². The Morgan fingerprint density at radius 2 is 1.71 bits per heavy atom. The van der Waals surface area contributed by atoms with Gasteiger partial charge >= 0.3 is 12.6 Å². The monoisotopic (exact) mass is 408 g/mol. The molecule has 0 spiro atoms. The minimum atomic E-state index is -2.87. The van der Waals surface area contributed by atoms with E-state index in [-0.39, 0.29) is 17.8 Å². The highest BCUT2D eigenvalue weighted by Crippen LogP contribution is 2.24. The summed E-state index contributed by atoms with van der Waals surface area (Å²) in [5, 5.41) is 6.71. The van der Waals surface area contributed by atoms with Crippen LogP contribution >= 0.6 is 12.2 Å². The largest absolute Gasteiger partial charge is 0.469 e. The summed E-state index contributed by atoms with van der Waals surface area (Å²) in [6.45, 7) is -2.35. The molecule has 0 aromatic heterocycles. The Balaban J connectivity index is 2.04. The molecule has 1 atom stereocenters. The van der Waals surface area contributed by atoms with Gasteiger partial charge in [-0.3, -0.25) is 4.79 Å². The van der Waals surface area contributed by atoms with E-state index in [0.717, 1.165) is 11.1 Å². The van der Waals surface area contributed by atoms with Gasteiger partial charge in [-0.15, -0.1) is 0 Å². The fraction of sp³-hybridized carbons (Fsp3) is 0.300. The number of carbonyl (C=O) groups is 1. The van der Waals surface area contributed by atoms with Crippen LogP contribution < -0.4 is 15.4 Å². The lowest BCUT2D eigenvalue weighted by Crippen LogP contribution is -2.38. The summed E-state index contributed by atoms with van der Waals surface area (Å²) in [7, 11) is 1.35. The standard InChI is InChI=1S/C20H22F2N2O3S/c1-26-17(25)8-5-13-23-20(28)24-18(14-6-3-2-4-7-14)15-9-11-16(12-10-15)27-19(21)22/h2-4,6-7,9-12,18-19H,5,8,13H2,1H3,(H2,23,24,28)/t18-/m1/s1. The smallest absolute Gasteiger partial charge is 0.387 e. The number of carbonyl (C=O) groups excluding carboxylic acids is 1. The van der Waals surface area contributed by atoms with Crippen molar-refractivity contribution in [3.8, 4) is 5.75 Å². The van der Waals surface area contributed by atoms with Crippen LogP contribution in [0, 0.1) is 0 Å². The molecule has 0 aliphatic heterocycles. The van der Waals surface area contributed by atoms with Crippen LogP contribution in [0.1, 0.15) is 30.0 Å². The molecule has 28 heavy (non-hydrogen) atoms. The molecular formula is C20H22F2N2O3S. The van der Waals surface area contributed by atoms with Crippen molar-refractivity contribution < 1.29 is 23.0 Å². The Morgan fingerprint density at radius 3 is 2.32 bits per heavy atom. The third kappa shape index (κ3) is 7.11. The second-order valence-electron chi connectivity index (χ2n) is 5.87. The molecule has 2 N–H and O–H groups in total. The van der Waals surface area contributed by atoms with Crippen LogP contribution in [0.25, 0.3) is 0 Å². The first-order chi connectivity index (χ1) is 13.5. The lowest BCUT2D eigenvalue weighted by Gasteiger charge is -2.22. The predicted molar refractivity (Wildman–Crippen MR) is 106 cm³/mol. The number of hydrogen-bond donors (Lipinski definition) is 2. The maximum absolute atomic E-state index is 12.3. The first-order valence-electron chi connectivity index (χ1n) is 8.70. The SMILES string of the molecule is COC(=O)CCCNC(=S)N[C@H](c1ccccc1)c1ccc(OC(F)F)cc1. The predicted octanol–water partition coefficient (Wildman–Crippen LogP) is 3.79. The summed E-state index contributed by atoms with van der Waals surface area (Å²) in [5.74, 6) is -0.178. The zero-order valence-corrected chi connectivity index (χ0v) is 16.2. The summed E-state index contributed by atoms with van der Waals surface area (Å²) in [6, 6.07) is 15.7. The Hall–Kier alpha value is -2.74. The number of thiocarbonyl (C=S) groups is 1. The number of esters is 1. The molecule has 5 nitrogen and oxygen atoms in total. The van der Waals surface area contributed by atoms with Crippen LogP contribution in [-0.2, 0) is 9.53 Å². The number of nitrogens with one attached hydrogen (secondary N) is 2. The van der Waals surface area contributed by atoms with E-state index in [0.29, 0.717) is 24.5 Å². The van der Waals surface area contributed by atoms with Crippen molar-refractivity contribution in [1.29, 1.82) is 0 Å². The van der Waals surface area contributed by atoms with Crippen molar-refractivity contribution in [2.75, 3.05) is 13.7 Å². The highest BCUT2D eigenvalue weighted by Gasteiger charge is 2.16. The third-order valence-electron chi connectivity index (χ3n) is 3.92. The molecule has 0 fully saturated rings. The quantitative estimate of drug-likeness (QED) is 0.374. The van der Waals surface area contributed by atoms with Crippen LogP contribution in [0.15, 0.2) is 54.6 Å². The van der Waals surface area contributed by atoms with Crippen molar-refractivity contribution >= 4 is 23.3 Å². The van der Waals surface area contributed by atoms with E-state index in [1.54, 1.807) is 12.1 Å². The molecule has 0 unspecified atom stereocenters. The molecular weight excluding hydrogens is 386 g/mol. The van der Waals surface area contributed by atoms with Gasteiger partial charge in [-0.05, 0) is 41.9 Å². The highest BCUT2D eigenvalue weighted by molar-refractivity contribution is 7.80. The normalized spacial score (nSPS) is 11.6. The molecule has 0 heterocycles. The molecule has 2 aromatic rings. The summed E-state index contributed by atoms with van der Waals surface area (Å²) >= 11 is 5.36. The molecule has 150 valence electrons. The van der Waals surface area contributed by atoms with Gasteiger partial charge in [-0.1, -0.05) is 42.5 Å². The number of halogens is 2. The molecule has 0 amide bonds. The van der Waals surface area contributed by atoms with Gasteiger partial charge in [0.05, 0.1) is 13.2 Å². The van der Waals surface area contributed by atoms with Crippen LogP contribution in [-0.4, -0.2) is 31.3 Å². The summed E-state index contributed by atoms with van der Waals surface area (Å²) in [4.78, 5) is 11.1. The minimum absolute atomic E-state index is 0.0917. The summed E-state index contributed by atoms with van der Waals surface area (Å²) in [6.07, 6.45) is 0.893. The van der Waals surface area contributed by atoms with E-state index in [1.165, 1.54) is 19.2 Å². The number of methoxy groups -OCH3 is 1. The Morgan fingerprint density at radius 1 is 1.07 bits per heavy atom. The Labute approximate surface area is 168 Å². The first kappa shape index (κ1) is 21.6. The molecule has 0 saturated carbocycles. The maximum atomic E-state index is 12.3. The Bertz CT molecular complexity index is 758. The van der Waals surface area contributed by atoms with Crippen molar-refractivity contribution in [2.24, 2.45) is 0 Å². The topological polar surface area (TPSA) is 59.6 Å². The molecule has 0 radical (unpaired) electrons. The number of hydrogen-bond acceptors (Lipinski definition) is 4. The summed E-state index contributed by atoms with van der Waals surface area (Å²) in [5.41, 5.74) is 1.80. The second kappa shape index (κ2) is 11.2. The van der Waals surface area contributed by atoms with Gasteiger partial charge in [0.25, 0.3) is 0 Å². The second-order valence-corrected chi connectivity index (χ2v) is 6.28. The number of alkyl halides is 2. The zero-order valence-electron chi connectivity index (χ0n) is 15.4. The molecule has 0 bridgehead atoms. The van der Waals surface area contributed by atoms with E-state index in [1.807, 2.05) is 30.3 Å². The molecule has 0 aliphatic rings. The van der Waals surface area contributed by atoms with Crippen LogP contribution in [0.5, 0.6) is 5.75 Å². The summed E-state index contributed by atoms with van der Waals surface area (Å²) < 4.78 is 33.7. The molecule has 8 heteroatoms. The number of rotatable bonds is 9. The van der Waals surface area contributed by atoms with E-state index < -0.39 is 6.61 Å². The van der Waals surface area contributed by atoms with Gasteiger partial charge in [-0.25, -0.2) is 0 Å². The fourth-order valence-corrected chi connectivity index (χ4v) is 2.79. The van der Waals surface area contributed by atoms with Crippen LogP contribution in [0.4, 0.5) is 8.78 Å². The van der Waals surface area contributed by atoms with Crippen molar-refractivity contribution in [1.82, 2.24) is 10.6 Å².